The van der Waals surface area contributed by atoms with Crippen molar-refractivity contribution in [2.45, 2.75) is 6.54 Å². The maximum absolute atomic E-state index is 12.0. The molecule has 0 aliphatic rings. The van der Waals surface area contributed by atoms with Gasteiger partial charge in [-0.15, -0.1) is 0 Å². The first-order valence-electron chi connectivity index (χ1n) is 6.03. The molecule has 4 heteroatoms. The molecule has 0 radical (unpaired) electrons. The van der Waals surface area contributed by atoms with E-state index in [9.17, 15) is 4.79 Å². The van der Waals surface area contributed by atoms with E-state index in [2.05, 4.69) is 4.98 Å². The topological polar surface area (TPSA) is 60.9 Å². The Labute approximate surface area is 110 Å². The highest BCUT2D eigenvalue weighted by Gasteiger charge is 2.05. The molecule has 1 heterocycles. The SMILES string of the molecule is Nc1ccc2c(c1)ncc(=O)n2Cc1ccccc1. The normalized spacial score (nSPS) is 10.7. The van der Waals surface area contributed by atoms with Crippen LogP contribution in [0.3, 0.4) is 0 Å². The lowest BCUT2D eigenvalue weighted by Gasteiger charge is -2.09. The Balaban J connectivity index is 2.17. The predicted octanol–water partition coefficient (Wildman–Crippen LogP) is 2.03. The Hall–Kier alpha value is -2.62. The van der Waals surface area contributed by atoms with Gasteiger partial charge in [0.15, 0.2) is 0 Å². The van der Waals surface area contributed by atoms with Crippen LogP contribution in [0.5, 0.6) is 0 Å². The maximum Gasteiger partial charge on any atom is 0.269 e. The van der Waals surface area contributed by atoms with Gasteiger partial charge in [0.1, 0.15) is 0 Å². The minimum Gasteiger partial charge on any atom is -0.399 e. The molecular formula is C15H13N3O. The quantitative estimate of drug-likeness (QED) is 0.709. The fourth-order valence-corrected chi connectivity index (χ4v) is 2.11. The van der Waals surface area contributed by atoms with Gasteiger partial charge in [-0.2, -0.15) is 0 Å². The molecule has 0 saturated heterocycles. The van der Waals surface area contributed by atoms with Gasteiger partial charge >= 0.3 is 0 Å². The summed E-state index contributed by atoms with van der Waals surface area (Å²) in [5.74, 6) is 0. The smallest absolute Gasteiger partial charge is 0.269 e. The molecule has 0 amide bonds. The van der Waals surface area contributed by atoms with E-state index in [0.29, 0.717) is 12.2 Å². The molecule has 3 rings (SSSR count). The van der Waals surface area contributed by atoms with E-state index < -0.39 is 0 Å². The molecule has 2 N–H and O–H groups in total. The Bertz CT molecular complexity index is 778. The van der Waals surface area contributed by atoms with Gasteiger partial charge in [-0.1, -0.05) is 30.3 Å². The number of nitrogen functional groups attached to an aromatic ring is 1. The Morgan fingerprint density at radius 3 is 2.68 bits per heavy atom. The lowest BCUT2D eigenvalue weighted by molar-refractivity contribution is 0.787. The van der Waals surface area contributed by atoms with Crippen LogP contribution in [0.25, 0.3) is 11.0 Å². The molecular weight excluding hydrogens is 238 g/mol. The highest BCUT2D eigenvalue weighted by molar-refractivity contribution is 5.78. The monoisotopic (exact) mass is 251 g/mol. The Morgan fingerprint density at radius 2 is 1.89 bits per heavy atom. The van der Waals surface area contributed by atoms with Crippen molar-refractivity contribution in [3.8, 4) is 0 Å². The molecule has 0 bridgehead atoms. The van der Waals surface area contributed by atoms with Crippen molar-refractivity contribution in [1.82, 2.24) is 9.55 Å². The van der Waals surface area contributed by atoms with Crippen molar-refractivity contribution in [2.24, 2.45) is 0 Å². The Kier molecular flexibility index (Phi) is 2.76. The van der Waals surface area contributed by atoms with Gasteiger partial charge in [-0.05, 0) is 23.8 Å². The van der Waals surface area contributed by atoms with E-state index in [1.165, 1.54) is 6.20 Å². The predicted molar refractivity (Wildman–Crippen MR) is 76.0 cm³/mol. The van der Waals surface area contributed by atoms with Crippen LogP contribution >= 0.6 is 0 Å². The van der Waals surface area contributed by atoms with Crippen LogP contribution in [-0.2, 0) is 6.54 Å². The third-order valence-electron chi connectivity index (χ3n) is 3.05. The standard InChI is InChI=1S/C15H13N3O/c16-12-6-7-14-13(8-12)17-9-15(19)18(14)10-11-4-2-1-3-5-11/h1-9H,10,16H2. The zero-order valence-corrected chi connectivity index (χ0v) is 10.3. The third-order valence-corrected chi connectivity index (χ3v) is 3.05. The second-order valence-corrected chi connectivity index (χ2v) is 4.42. The summed E-state index contributed by atoms with van der Waals surface area (Å²) in [6, 6.07) is 15.3. The first-order valence-corrected chi connectivity index (χ1v) is 6.03. The molecule has 1 aromatic heterocycles. The van der Waals surface area contributed by atoms with Gasteiger partial charge in [0.2, 0.25) is 0 Å². The zero-order chi connectivity index (χ0) is 13.2. The van der Waals surface area contributed by atoms with Crippen molar-refractivity contribution < 1.29 is 0 Å². The molecule has 3 aromatic rings. The van der Waals surface area contributed by atoms with Crippen LogP contribution in [0, 0.1) is 0 Å². The molecule has 0 atom stereocenters. The van der Waals surface area contributed by atoms with Gasteiger partial charge in [0, 0.05) is 5.69 Å². The fraction of sp³-hybridized carbons (Fsp3) is 0.0667. The summed E-state index contributed by atoms with van der Waals surface area (Å²) in [5, 5.41) is 0. The average Bonchev–Trinajstić information content (AvgIpc) is 2.43. The second kappa shape index (κ2) is 4.57. The fourth-order valence-electron chi connectivity index (χ4n) is 2.11. The van der Waals surface area contributed by atoms with E-state index in [4.69, 9.17) is 5.73 Å². The molecule has 19 heavy (non-hydrogen) atoms. The van der Waals surface area contributed by atoms with Gasteiger partial charge in [-0.25, -0.2) is 4.98 Å². The molecule has 0 aliphatic carbocycles. The number of fused-ring (bicyclic) bond motifs is 1. The zero-order valence-electron chi connectivity index (χ0n) is 10.3. The van der Waals surface area contributed by atoms with Crippen LogP contribution in [0.1, 0.15) is 5.56 Å². The van der Waals surface area contributed by atoms with Crippen molar-refractivity contribution in [1.29, 1.82) is 0 Å². The van der Waals surface area contributed by atoms with Crippen molar-refractivity contribution in [3.05, 3.63) is 70.6 Å². The van der Waals surface area contributed by atoms with E-state index in [1.54, 1.807) is 16.7 Å². The molecule has 0 spiro atoms. The van der Waals surface area contributed by atoms with Crippen LogP contribution in [-0.4, -0.2) is 9.55 Å². The summed E-state index contributed by atoms with van der Waals surface area (Å²) in [4.78, 5) is 16.1. The van der Waals surface area contributed by atoms with Gasteiger partial charge < -0.3 is 10.3 Å². The minimum atomic E-state index is -0.110. The second-order valence-electron chi connectivity index (χ2n) is 4.42. The molecule has 94 valence electrons. The number of hydrogen-bond donors (Lipinski definition) is 1. The summed E-state index contributed by atoms with van der Waals surface area (Å²) in [6.07, 6.45) is 1.34. The first-order chi connectivity index (χ1) is 9.24. The summed E-state index contributed by atoms with van der Waals surface area (Å²) in [5.41, 5.74) is 8.88. The van der Waals surface area contributed by atoms with Crippen LogP contribution in [0.4, 0.5) is 5.69 Å². The van der Waals surface area contributed by atoms with Crippen LogP contribution in [0.15, 0.2) is 59.5 Å². The summed E-state index contributed by atoms with van der Waals surface area (Å²) in [7, 11) is 0. The Morgan fingerprint density at radius 1 is 1.11 bits per heavy atom. The largest absolute Gasteiger partial charge is 0.399 e. The average molecular weight is 251 g/mol. The van der Waals surface area contributed by atoms with Gasteiger partial charge in [-0.3, -0.25) is 4.79 Å². The van der Waals surface area contributed by atoms with Crippen molar-refractivity contribution >= 4 is 16.7 Å². The molecule has 0 unspecified atom stereocenters. The lowest BCUT2D eigenvalue weighted by atomic mass is 10.2. The third kappa shape index (κ3) is 2.20. The number of nitrogens with two attached hydrogens (primary N) is 1. The summed E-state index contributed by atoms with van der Waals surface area (Å²) >= 11 is 0. The van der Waals surface area contributed by atoms with Crippen molar-refractivity contribution in [2.75, 3.05) is 5.73 Å². The number of hydrogen-bond acceptors (Lipinski definition) is 3. The van der Waals surface area contributed by atoms with E-state index in [0.717, 1.165) is 16.6 Å². The minimum absolute atomic E-state index is 0.110. The van der Waals surface area contributed by atoms with Crippen molar-refractivity contribution in [3.63, 3.8) is 0 Å². The van der Waals surface area contributed by atoms with Gasteiger partial charge in [0.05, 0.1) is 23.8 Å². The maximum atomic E-state index is 12.0. The molecule has 0 aliphatic heterocycles. The highest BCUT2D eigenvalue weighted by atomic mass is 16.1. The molecule has 2 aromatic carbocycles. The van der Waals surface area contributed by atoms with Crippen LogP contribution < -0.4 is 11.3 Å². The number of rotatable bonds is 2. The molecule has 0 saturated carbocycles. The van der Waals surface area contributed by atoms with Crippen LogP contribution in [0.2, 0.25) is 0 Å². The number of benzene rings is 2. The lowest BCUT2D eigenvalue weighted by Crippen LogP contribution is -2.21. The number of anilines is 1. The van der Waals surface area contributed by atoms with E-state index in [-0.39, 0.29) is 5.56 Å². The summed E-state index contributed by atoms with van der Waals surface area (Å²) < 4.78 is 1.71. The van der Waals surface area contributed by atoms with E-state index >= 15 is 0 Å². The number of nitrogens with zero attached hydrogens (tertiary/aromatic N) is 2. The first kappa shape index (κ1) is 11.5. The molecule has 0 fully saturated rings. The number of aromatic nitrogens is 2. The molecule has 4 nitrogen and oxygen atoms in total. The summed E-state index contributed by atoms with van der Waals surface area (Å²) in [6.45, 7) is 0.530. The van der Waals surface area contributed by atoms with Gasteiger partial charge in [0.25, 0.3) is 5.56 Å². The highest BCUT2D eigenvalue weighted by Crippen LogP contribution is 2.14. The van der Waals surface area contributed by atoms with E-state index in [1.807, 2.05) is 36.4 Å².